The normalized spacial score (nSPS) is 18.7. The minimum atomic E-state index is -5.40. The summed E-state index contributed by atoms with van der Waals surface area (Å²) >= 11 is 0. The van der Waals surface area contributed by atoms with Crippen molar-refractivity contribution in [2.24, 2.45) is 29.6 Å². The summed E-state index contributed by atoms with van der Waals surface area (Å²) in [5.74, 6) is -7.25. The maximum Gasteiger partial charge on any atom is 0.400 e. The molecule has 0 heterocycles. The van der Waals surface area contributed by atoms with E-state index in [-0.39, 0.29) is 5.92 Å². The zero-order chi connectivity index (χ0) is 18.1. The molecule has 0 aromatic carbocycles. The second-order valence-electron chi connectivity index (χ2n) is 7.03. The standard InChI is InChI=1S/C15H25F7/c1-8(2)10(4)11(7-9(3)13(5,6)16)12(14(17,18)19)15(20,21)22/h8-12H,7H2,1-6H3. The van der Waals surface area contributed by atoms with E-state index in [4.69, 9.17) is 0 Å². The fourth-order valence-corrected chi connectivity index (χ4v) is 2.51. The average Bonchev–Trinajstić information content (AvgIpc) is 2.21. The minimum absolute atomic E-state index is 0.368. The highest BCUT2D eigenvalue weighted by molar-refractivity contribution is 4.89. The van der Waals surface area contributed by atoms with Crippen molar-refractivity contribution in [3.05, 3.63) is 0 Å². The summed E-state index contributed by atoms with van der Waals surface area (Å²) in [6, 6.07) is 0. The number of alkyl halides is 7. The van der Waals surface area contributed by atoms with Gasteiger partial charge in [0.1, 0.15) is 5.67 Å². The molecule has 0 amide bonds. The van der Waals surface area contributed by atoms with Gasteiger partial charge in [0.25, 0.3) is 0 Å². The third-order valence-electron chi connectivity index (χ3n) is 4.66. The van der Waals surface area contributed by atoms with Crippen LogP contribution in [0, 0.1) is 29.6 Å². The second kappa shape index (κ2) is 6.95. The van der Waals surface area contributed by atoms with Gasteiger partial charge in [0.2, 0.25) is 0 Å². The summed E-state index contributed by atoms with van der Waals surface area (Å²) in [6.07, 6.45) is -11.3. The van der Waals surface area contributed by atoms with Crippen molar-refractivity contribution >= 4 is 0 Å². The fraction of sp³-hybridized carbons (Fsp3) is 1.00. The first-order valence-electron chi connectivity index (χ1n) is 7.31. The van der Waals surface area contributed by atoms with Crippen LogP contribution in [0.15, 0.2) is 0 Å². The van der Waals surface area contributed by atoms with Gasteiger partial charge in [-0.3, -0.25) is 0 Å². The molecule has 0 bridgehead atoms. The van der Waals surface area contributed by atoms with Crippen molar-refractivity contribution in [3.8, 4) is 0 Å². The lowest BCUT2D eigenvalue weighted by Crippen LogP contribution is -2.46. The summed E-state index contributed by atoms with van der Waals surface area (Å²) in [6.45, 7) is 8.22. The van der Waals surface area contributed by atoms with Gasteiger partial charge in [-0.05, 0) is 43.9 Å². The number of hydrogen-bond acceptors (Lipinski definition) is 0. The molecular weight excluding hydrogens is 313 g/mol. The van der Waals surface area contributed by atoms with Crippen LogP contribution >= 0.6 is 0 Å². The van der Waals surface area contributed by atoms with Crippen LogP contribution in [0.1, 0.15) is 48.0 Å². The Labute approximate surface area is 127 Å². The highest BCUT2D eigenvalue weighted by atomic mass is 19.4. The smallest absolute Gasteiger partial charge is 0.244 e. The van der Waals surface area contributed by atoms with E-state index in [1.54, 1.807) is 13.8 Å². The maximum absolute atomic E-state index is 13.9. The molecule has 0 aliphatic carbocycles. The van der Waals surface area contributed by atoms with E-state index in [0.29, 0.717) is 0 Å². The lowest BCUT2D eigenvalue weighted by molar-refractivity contribution is -0.305. The van der Waals surface area contributed by atoms with Crippen LogP contribution < -0.4 is 0 Å². The molecule has 3 unspecified atom stereocenters. The van der Waals surface area contributed by atoms with E-state index in [1.165, 1.54) is 27.7 Å². The van der Waals surface area contributed by atoms with E-state index in [9.17, 15) is 30.7 Å². The minimum Gasteiger partial charge on any atom is -0.244 e. The van der Waals surface area contributed by atoms with Crippen molar-refractivity contribution in [3.63, 3.8) is 0 Å². The Hall–Kier alpha value is -0.490. The van der Waals surface area contributed by atoms with Gasteiger partial charge < -0.3 is 0 Å². The van der Waals surface area contributed by atoms with E-state index in [0.717, 1.165) is 0 Å². The van der Waals surface area contributed by atoms with Gasteiger partial charge in [-0.2, -0.15) is 26.3 Å². The predicted molar refractivity (Wildman–Crippen MR) is 72.1 cm³/mol. The van der Waals surface area contributed by atoms with E-state index < -0.39 is 48.1 Å². The van der Waals surface area contributed by atoms with Gasteiger partial charge in [-0.1, -0.05) is 27.7 Å². The van der Waals surface area contributed by atoms with Crippen molar-refractivity contribution in [1.82, 2.24) is 0 Å². The van der Waals surface area contributed by atoms with Crippen LogP contribution in [-0.4, -0.2) is 18.0 Å². The van der Waals surface area contributed by atoms with Crippen LogP contribution in [0.25, 0.3) is 0 Å². The Morgan fingerprint density at radius 3 is 1.32 bits per heavy atom. The number of halogens is 7. The molecular formula is C15H25F7. The molecule has 0 aromatic rings. The Morgan fingerprint density at radius 1 is 0.727 bits per heavy atom. The molecule has 0 saturated carbocycles. The third kappa shape index (κ3) is 5.95. The Morgan fingerprint density at radius 2 is 1.09 bits per heavy atom. The number of rotatable bonds is 6. The third-order valence-corrected chi connectivity index (χ3v) is 4.66. The number of hydrogen-bond donors (Lipinski definition) is 0. The molecule has 0 aliphatic rings. The van der Waals surface area contributed by atoms with Crippen LogP contribution in [0.4, 0.5) is 30.7 Å². The van der Waals surface area contributed by atoms with Crippen LogP contribution in [-0.2, 0) is 0 Å². The van der Waals surface area contributed by atoms with Gasteiger partial charge in [0.15, 0.2) is 5.92 Å². The molecule has 0 nitrogen and oxygen atoms in total. The van der Waals surface area contributed by atoms with Gasteiger partial charge >= 0.3 is 12.4 Å². The Kier molecular flexibility index (Phi) is 6.80. The Bertz CT molecular complexity index is 321. The van der Waals surface area contributed by atoms with E-state index >= 15 is 0 Å². The SMILES string of the molecule is CC(C)C(C)C(CC(C)C(C)(C)F)C(C(F)(F)F)C(F)(F)F. The highest BCUT2D eigenvalue weighted by Gasteiger charge is 2.61. The van der Waals surface area contributed by atoms with Crippen LogP contribution in [0.3, 0.4) is 0 Å². The topological polar surface area (TPSA) is 0 Å². The largest absolute Gasteiger partial charge is 0.400 e. The highest BCUT2D eigenvalue weighted by Crippen LogP contribution is 2.50. The Balaban J connectivity index is 5.73. The average molecular weight is 338 g/mol. The fourth-order valence-electron chi connectivity index (χ4n) is 2.51. The van der Waals surface area contributed by atoms with Crippen molar-refractivity contribution in [2.45, 2.75) is 66.0 Å². The summed E-state index contributed by atoms with van der Waals surface area (Å²) in [5, 5.41) is 0. The maximum atomic E-state index is 13.9. The van der Waals surface area contributed by atoms with Gasteiger partial charge in [0.05, 0.1) is 0 Å². The lowest BCUT2D eigenvalue weighted by atomic mass is 9.70. The first-order valence-corrected chi connectivity index (χ1v) is 7.31. The molecule has 0 rings (SSSR count). The quantitative estimate of drug-likeness (QED) is 0.491. The first kappa shape index (κ1) is 21.5. The summed E-state index contributed by atoms with van der Waals surface area (Å²) in [4.78, 5) is 0. The zero-order valence-corrected chi connectivity index (χ0v) is 13.7. The van der Waals surface area contributed by atoms with E-state index in [2.05, 4.69) is 0 Å². The van der Waals surface area contributed by atoms with Gasteiger partial charge in [-0.25, -0.2) is 4.39 Å². The molecule has 0 fully saturated rings. The molecule has 0 N–H and O–H groups in total. The lowest BCUT2D eigenvalue weighted by Gasteiger charge is -2.39. The van der Waals surface area contributed by atoms with Gasteiger partial charge in [-0.15, -0.1) is 0 Å². The second-order valence-corrected chi connectivity index (χ2v) is 7.03. The van der Waals surface area contributed by atoms with Gasteiger partial charge in [0, 0.05) is 0 Å². The van der Waals surface area contributed by atoms with Crippen LogP contribution in [0.2, 0.25) is 0 Å². The predicted octanol–water partition coefficient (Wildman–Crippen LogP) is 6.41. The van der Waals surface area contributed by atoms with E-state index in [1.807, 2.05) is 0 Å². The molecule has 0 saturated heterocycles. The summed E-state index contributed by atoms with van der Waals surface area (Å²) in [5.41, 5.74) is -1.84. The summed E-state index contributed by atoms with van der Waals surface area (Å²) < 4.78 is 92.0. The summed E-state index contributed by atoms with van der Waals surface area (Å²) in [7, 11) is 0. The van der Waals surface area contributed by atoms with Crippen molar-refractivity contribution in [2.75, 3.05) is 0 Å². The molecule has 0 radical (unpaired) electrons. The van der Waals surface area contributed by atoms with Crippen molar-refractivity contribution in [1.29, 1.82) is 0 Å². The molecule has 22 heavy (non-hydrogen) atoms. The van der Waals surface area contributed by atoms with Crippen LogP contribution in [0.5, 0.6) is 0 Å². The monoisotopic (exact) mass is 338 g/mol. The molecule has 7 heteroatoms. The van der Waals surface area contributed by atoms with Crippen molar-refractivity contribution < 1.29 is 30.7 Å². The molecule has 0 aromatic heterocycles. The molecule has 0 aliphatic heterocycles. The molecule has 0 spiro atoms. The molecule has 3 atom stereocenters. The first-order chi connectivity index (χ1) is 9.49. The zero-order valence-electron chi connectivity index (χ0n) is 13.7. The molecule has 134 valence electrons.